The van der Waals surface area contributed by atoms with Gasteiger partial charge < -0.3 is 4.74 Å². The molecular formula is C14H6F21NO4S. The number of rotatable bonds is 12. The Balaban J connectivity index is 7.18. The Hall–Kier alpha value is -2.35. The van der Waals surface area contributed by atoms with Crippen LogP contribution < -0.4 is 0 Å². The second kappa shape index (κ2) is 9.85. The van der Waals surface area contributed by atoms with E-state index < -0.39 is 92.5 Å². The van der Waals surface area contributed by atoms with E-state index in [1.54, 1.807) is 0 Å². The van der Waals surface area contributed by atoms with Crippen LogP contribution in [0.2, 0.25) is 0 Å². The van der Waals surface area contributed by atoms with E-state index in [4.69, 9.17) is 0 Å². The minimum Gasteiger partial charge on any atom is -0.392 e. The molecule has 0 spiro atoms. The number of nitrogens with zero attached hydrogens (tertiary/aromatic N) is 1. The van der Waals surface area contributed by atoms with E-state index >= 15 is 0 Å². The molecule has 41 heavy (non-hydrogen) atoms. The molecule has 0 N–H and O–H groups in total. The molecule has 0 bridgehead atoms. The summed E-state index contributed by atoms with van der Waals surface area (Å²) in [6.07, 6.45) is -15.3. The molecule has 0 atom stereocenters. The number of alkyl halides is 21. The minimum atomic E-state index is -9.27. The smallest absolute Gasteiger partial charge is 0.392 e. The third-order valence-corrected chi connectivity index (χ3v) is 6.37. The van der Waals surface area contributed by atoms with Gasteiger partial charge in [-0.3, -0.25) is 0 Å². The molecule has 244 valence electrons. The molecule has 5 nitrogen and oxygen atoms in total. The molecule has 0 aliphatic carbocycles. The molecule has 0 heterocycles. The summed E-state index contributed by atoms with van der Waals surface area (Å²) in [7, 11) is -10.2. The lowest BCUT2D eigenvalue weighted by Gasteiger charge is -2.43. The first-order chi connectivity index (χ1) is 17.4. The highest BCUT2D eigenvalue weighted by atomic mass is 32.2. The monoisotopic (exact) mass is 683 g/mol. The Morgan fingerprint density at radius 2 is 0.902 bits per heavy atom. The van der Waals surface area contributed by atoms with Crippen LogP contribution in [0.5, 0.6) is 0 Å². The second-order valence-corrected chi connectivity index (χ2v) is 9.13. The number of hydrogen-bond acceptors (Lipinski definition) is 4. The molecular weight excluding hydrogens is 677 g/mol. The summed E-state index contributed by atoms with van der Waals surface area (Å²) >= 11 is 0. The van der Waals surface area contributed by atoms with Gasteiger partial charge in [0.05, 0.1) is 0 Å². The molecule has 0 unspecified atom stereocenters. The Bertz CT molecular complexity index is 1130. The fraction of sp³-hybridized carbons (Fsp3) is 0.786. The maximum Gasteiger partial charge on any atom is 0.483 e. The van der Waals surface area contributed by atoms with Crippen molar-refractivity contribution < 1.29 is 110 Å². The molecule has 27 heteroatoms. The van der Waals surface area contributed by atoms with Crippen LogP contribution in [0.25, 0.3) is 0 Å². The van der Waals surface area contributed by atoms with Crippen molar-refractivity contribution in [2.45, 2.75) is 59.1 Å². The van der Waals surface area contributed by atoms with Crippen molar-refractivity contribution in [2.75, 3.05) is 7.05 Å². The first-order valence-electron chi connectivity index (χ1n) is 8.67. The molecule has 0 fully saturated rings. The number of hydrogen-bond donors (Lipinski definition) is 0. The molecule has 0 aliphatic heterocycles. The predicted molar refractivity (Wildman–Crippen MR) is 83.5 cm³/mol. The number of sulfonamides is 1. The van der Waals surface area contributed by atoms with Crippen molar-refractivity contribution in [1.29, 1.82) is 0 Å². The largest absolute Gasteiger partial charge is 0.483 e. The highest BCUT2D eigenvalue weighted by molar-refractivity contribution is 7.90. The summed E-state index contributed by atoms with van der Waals surface area (Å²) in [5.41, 5.74) is 0. The normalized spacial score (nSPS) is 16.2. The fourth-order valence-corrected chi connectivity index (χ4v) is 3.25. The first kappa shape index (κ1) is 38.6. The van der Waals surface area contributed by atoms with Gasteiger partial charge in [0.25, 0.3) is 10.0 Å². The van der Waals surface area contributed by atoms with E-state index in [9.17, 15) is 105 Å². The van der Waals surface area contributed by atoms with Crippen molar-refractivity contribution in [3.63, 3.8) is 0 Å². The molecule has 0 rings (SSSR count). The van der Waals surface area contributed by atoms with Crippen LogP contribution >= 0.6 is 0 Å². The van der Waals surface area contributed by atoms with Gasteiger partial charge in [0.2, 0.25) is 0 Å². The van der Waals surface area contributed by atoms with Gasteiger partial charge in [-0.2, -0.15) is 92.2 Å². The molecule has 0 saturated heterocycles. The third-order valence-electron chi connectivity index (χ3n) is 4.52. The molecule has 0 radical (unpaired) electrons. The number of halogens is 21. The molecule has 0 aromatic heterocycles. The molecule has 0 aromatic carbocycles. The fourth-order valence-electron chi connectivity index (χ4n) is 2.05. The zero-order valence-electron chi connectivity index (χ0n) is 18.2. The van der Waals surface area contributed by atoms with Gasteiger partial charge in [0, 0.05) is 13.1 Å². The van der Waals surface area contributed by atoms with Crippen molar-refractivity contribution in [3.8, 4) is 0 Å². The number of esters is 1. The molecule has 0 aromatic rings. The van der Waals surface area contributed by atoms with Crippen LogP contribution in [0.4, 0.5) is 92.2 Å². The van der Waals surface area contributed by atoms with Gasteiger partial charge in [-0.05, 0) is 0 Å². The predicted octanol–water partition coefficient (Wildman–Crippen LogP) is 6.13. The number of likely N-dealkylation sites (N-methyl/N-ethyl adjacent to an activating group) is 1. The number of carbonyl (C=O) groups excluding carboxylic acids is 1. The maximum atomic E-state index is 14.0. The van der Waals surface area contributed by atoms with Crippen LogP contribution in [0.15, 0.2) is 12.7 Å². The summed E-state index contributed by atoms with van der Waals surface area (Å²) in [5.74, 6) is -56.9. The average molecular weight is 683 g/mol. The summed E-state index contributed by atoms with van der Waals surface area (Å²) < 4.78 is 302. The SMILES string of the molecule is C=CC(=O)OC(F)(F)C(F)(F)N(C)S(=O)(=O)C(F)(F)C(F)(F)C(F)(F)C(F)(F)C(F)(F)C(F)(F)C(F)(F)C(F)(F)F. The molecule has 0 aliphatic rings. The standard InChI is InChI=1S/C14H6F21NO4S/c1-3-4(37)40-13(32,33)12(30,31)36(2)41(38,39)14(34,35)10(25,26)8(21,22)6(17,18)5(15,16)7(19,20)9(23,24)11(27,28)29/h3H,1H2,2H3. The van der Waals surface area contributed by atoms with E-state index in [1.807, 2.05) is 0 Å². The van der Waals surface area contributed by atoms with E-state index in [0.717, 1.165) is 0 Å². The van der Waals surface area contributed by atoms with E-state index in [0.29, 0.717) is 0 Å². The van der Waals surface area contributed by atoms with Crippen molar-refractivity contribution in [3.05, 3.63) is 12.7 Å². The Kier molecular flexibility index (Phi) is 9.29. The number of carbonyl (C=O) groups is 1. The lowest BCUT2D eigenvalue weighted by atomic mass is 9.91. The summed E-state index contributed by atoms with van der Waals surface area (Å²) in [6.45, 7) is 2.33. The van der Waals surface area contributed by atoms with Crippen LogP contribution in [0, 0.1) is 0 Å². The van der Waals surface area contributed by atoms with Gasteiger partial charge in [-0.25, -0.2) is 13.2 Å². The summed E-state index contributed by atoms with van der Waals surface area (Å²) in [5, 5.41) is -8.55. The number of ether oxygens (including phenoxy) is 1. The highest BCUT2D eigenvalue weighted by Crippen LogP contribution is 2.64. The van der Waals surface area contributed by atoms with Crippen molar-refractivity contribution in [2.24, 2.45) is 0 Å². The average Bonchev–Trinajstić information content (AvgIpc) is 2.75. The molecule has 0 amide bonds. The molecule has 0 saturated carbocycles. The highest BCUT2D eigenvalue weighted by Gasteiger charge is 2.96. The van der Waals surface area contributed by atoms with Crippen molar-refractivity contribution >= 4 is 16.0 Å². The van der Waals surface area contributed by atoms with Gasteiger partial charge in [-0.1, -0.05) is 6.58 Å². The zero-order chi connectivity index (χ0) is 34.1. The van der Waals surface area contributed by atoms with Crippen LogP contribution in [-0.4, -0.2) is 84.9 Å². The van der Waals surface area contributed by atoms with E-state index in [1.165, 1.54) is 0 Å². The Morgan fingerprint density at radius 1 is 0.610 bits per heavy atom. The van der Waals surface area contributed by atoms with E-state index in [-0.39, 0.29) is 0 Å². The first-order valence-corrected chi connectivity index (χ1v) is 10.1. The quantitative estimate of drug-likeness (QED) is 0.108. The Labute approximate surface area is 210 Å². The minimum absolute atomic E-state index is 0.415. The van der Waals surface area contributed by atoms with Crippen molar-refractivity contribution in [1.82, 2.24) is 4.31 Å². The second-order valence-electron chi connectivity index (χ2n) is 7.12. The van der Waals surface area contributed by atoms with Crippen LogP contribution in [0.3, 0.4) is 0 Å². The maximum absolute atomic E-state index is 14.0. The summed E-state index contributed by atoms with van der Waals surface area (Å²) in [4.78, 5) is 10.6. The topological polar surface area (TPSA) is 63.7 Å². The van der Waals surface area contributed by atoms with Gasteiger partial charge >= 0.3 is 65.1 Å². The van der Waals surface area contributed by atoms with Gasteiger partial charge in [0.1, 0.15) is 0 Å². The van der Waals surface area contributed by atoms with E-state index in [2.05, 4.69) is 11.3 Å². The van der Waals surface area contributed by atoms with Crippen LogP contribution in [0.1, 0.15) is 0 Å². The summed E-state index contributed by atoms with van der Waals surface area (Å²) in [6, 6.07) is -7.12. The Morgan fingerprint density at radius 3 is 1.20 bits per heavy atom. The lowest BCUT2D eigenvalue weighted by molar-refractivity contribution is -0.458. The van der Waals surface area contributed by atoms with Crippen LogP contribution in [-0.2, 0) is 19.6 Å². The van der Waals surface area contributed by atoms with Gasteiger partial charge in [-0.15, -0.1) is 4.31 Å². The zero-order valence-corrected chi connectivity index (χ0v) is 19.0. The lowest BCUT2D eigenvalue weighted by Crippen LogP contribution is -2.75. The van der Waals surface area contributed by atoms with Gasteiger partial charge in [0.15, 0.2) is 0 Å². The third kappa shape index (κ3) is 5.02.